The Hall–Kier alpha value is -2.42. The number of benzene rings is 3. The van der Waals surface area contributed by atoms with E-state index in [-0.39, 0.29) is 6.04 Å². The summed E-state index contributed by atoms with van der Waals surface area (Å²) in [6, 6.07) is 31.5. The summed E-state index contributed by atoms with van der Waals surface area (Å²) in [5, 5.41) is 11.4. The van der Waals surface area contributed by atoms with Gasteiger partial charge in [-0.1, -0.05) is 91.0 Å². The van der Waals surface area contributed by atoms with Crippen molar-refractivity contribution in [3.05, 3.63) is 108 Å². The predicted octanol–water partition coefficient (Wildman–Crippen LogP) is 4.91. The predicted molar refractivity (Wildman–Crippen MR) is 106 cm³/mol. The first-order valence-corrected chi connectivity index (χ1v) is 9.35. The summed E-state index contributed by atoms with van der Waals surface area (Å²) in [7, 11) is 0. The van der Waals surface area contributed by atoms with E-state index in [2.05, 4.69) is 77.7 Å². The first-order chi connectivity index (χ1) is 12.7. The second-order valence-corrected chi connectivity index (χ2v) is 7.23. The zero-order valence-electron chi connectivity index (χ0n) is 15.0. The quantitative estimate of drug-likeness (QED) is 0.727. The number of rotatable bonds is 4. The van der Waals surface area contributed by atoms with Crippen LogP contribution in [-0.4, -0.2) is 16.6 Å². The molecule has 4 rings (SSSR count). The maximum atomic E-state index is 11.4. The molecule has 0 radical (unpaired) electrons. The average Bonchev–Trinajstić information content (AvgIpc) is 2.72. The molecule has 1 saturated heterocycles. The first-order valence-electron chi connectivity index (χ1n) is 9.35. The van der Waals surface area contributed by atoms with E-state index in [9.17, 15) is 5.11 Å². The number of likely N-dealkylation sites (tertiary alicyclic amines) is 1. The fraction of sp³-hybridized carbons (Fsp3) is 0.250. The van der Waals surface area contributed by atoms with Gasteiger partial charge in [0.15, 0.2) is 0 Å². The topological polar surface area (TPSA) is 23.5 Å². The molecule has 1 aliphatic heterocycles. The van der Waals surface area contributed by atoms with Crippen molar-refractivity contribution >= 4 is 0 Å². The maximum absolute atomic E-state index is 11.4. The largest absolute Gasteiger partial charge is 0.385 e. The summed E-state index contributed by atoms with van der Waals surface area (Å²) in [6.07, 6.45) is 1.47. The van der Waals surface area contributed by atoms with E-state index in [4.69, 9.17) is 0 Å². The van der Waals surface area contributed by atoms with E-state index in [0.29, 0.717) is 6.42 Å². The Bertz CT molecular complexity index is 819. The van der Waals surface area contributed by atoms with Crippen molar-refractivity contribution in [3.63, 3.8) is 0 Å². The Kier molecular flexibility index (Phi) is 4.87. The van der Waals surface area contributed by atoms with Crippen molar-refractivity contribution in [2.45, 2.75) is 31.0 Å². The van der Waals surface area contributed by atoms with Crippen molar-refractivity contribution in [3.8, 4) is 0 Å². The molecule has 1 N–H and O–H groups in total. The van der Waals surface area contributed by atoms with Crippen molar-refractivity contribution < 1.29 is 5.11 Å². The average molecular weight is 343 g/mol. The normalized spacial score (nSPS) is 23.7. The molecule has 0 saturated carbocycles. The fourth-order valence-corrected chi connectivity index (χ4v) is 4.06. The Balaban J connectivity index is 1.64. The highest BCUT2D eigenvalue weighted by molar-refractivity contribution is 5.27. The zero-order valence-corrected chi connectivity index (χ0v) is 15.0. The molecular formula is C24H25NO. The third-order valence-electron chi connectivity index (χ3n) is 5.51. The van der Waals surface area contributed by atoms with Crippen LogP contribution in [-0.2, 0) is 12.1 Å². The van der Waals surface area contributed by atoms with Crippen molar-refractivity contribution in [2.75, 3.05) is 6.54 Å². The molecule has 0 bridgehead atoms. The molecule has 132 valence electrons. The monoisotopic (exact) mass is 343 g/mol. The fourth-order valence-electron chi connectivity index (χ4n) is 4.06. The van der Waals surface area contributed by atoms with Crippen molar-refractivity contribution in [1.82, 2.24) is 4.90 Å². The van der Waals surface area contributed by atoms with E-state index >= 15 is 0 Å². The summed E-state index contributed by atoms with van der Waals surface area (Å²) in [5.41, 5.74) is 2.85. The second-order valence-electron chi connectivity index (χ2n) is 7.23. The molecule has 3 aromatic carbocycles. The van der Waals surface area contributed by atoms with E-state index < -0.39 is 5.60 Å². The van der Waals surface area contributed by atoms with Gasteiger partial charge in [0.05, 0.1) is 5.60 Å². The smallest absolute Gasteiger partial charge is 0.0927 e. The van der Waals surface area contributed by atoms with Crippen LogP contribution < -0.4 is 0 Å². The summed E-state index contributed by atoms with van der Waals surface area (Å²) in [6.45, 7) is 1.78. The Morgan fingerprint density at radius 1 is 0.808 bits per heavy atom. The number of piperidine rings is 1. The Morgan fingerprint density at radius 3 is 2.04 bits per heavy atom. The third-order valence-corrected chi connectivity index (χ3v) is 5.51. The van der Waals surface area contributed by atoms with Crippen LogP contribution >= 0.6 is 0 Å². The van der Waals surface area contributed by atoms with E-state index in [0.717, 1.165) is 25.1 Å². The van der Waals surface area contributed by atoms with Gasteiger partial charge >= 0.3 is 0 Å². The molecule has 2 nitrogen and oxygen atoms in total. The summed E-state index contributed by atoms with van der Waals surface area (Å²) >= 11 is 0. The summed E-state index contributed by atoms with van der Waals surface area (Å²) in [4.78, 5) is 2.50. The molecule has 1 heterocycles. The van der Waals surface area contributed by atoms with E-state index in [1.165, 1.54) is 11.1 Å². The second kappa shape index (κ2) is 7.45. The lowest BCUT2D eigenvalue weighted by Crippen LogP contribution is -2.44. The minimum atomic E-state index is -0.769. The highest BCUT2D eigenvalue weighted by atomic mass is 16.3. The highest BCUT2D eigenvalue weighted by Gasteiger charge is 2.40. The van der Waals surface area contributed by atoms with Gasteiger partial charge in [-0.25, -0.2) is 0 Å². The molecule has 2 atom stereocenters. The summed E-state index contributed by atoms with van der Waals surface area (Å²) in [5.74, 6) is 0. The molecule has 26 heavy (non-hydrogen) atoms. The lowest BCUT2D eigenvalue weighted by molar-refractivity contribution is -0.0557. The molecule has 0 aromatic heterocycles. The van der Waals surface area contributed by atoms with Gasteiger partial charge < -0.3 is 5.11 Å². The van der Waals surface area contributed by atoms with Crippen LogP contribution in [0.1, 0.15) is 35.6 Å². The first kappa shape index (κ1) is 17.0. The van der Waals surface area contributed by atoms with Crippen molar-refractivity contribution in [1.29, 1.82) is 0 Å². The van der Waals surface area contributed by atoms with Gasteiger partial charge in [-0.2, -0.15) is 0 Å². The molecule has 1 aliphatic rings. The van der Waals surface area contributed by atoms with Gasteiger partial charge in [-0.3, -0.25) is 4.90 Å². The maximum Gasteiger partial charge on any atom is 0.0927 e. The Labute approximate surface area is 155 Å². The lowest BCUT2D eigenvalue weighted by atomic mass is 9.79. The minimum absolute atomic E-state index is 0.204. The Morgan fingerprint density at radius 2 is 1.38 bits per heavy atom. The highest BCUT2D eigenvalue weighted by Crippen LogP contribution is 2.42. The SMILES string of the molecule is OC1(c2ccccc2)CCN(Cc2ccccc2)C(c2ccccc2)C1. The van der Waals surface area contributed by atoms with Gasteiger partial charge in [0, 0.05) is 25.6 Å². The molecule has 2 heteroatoms. The van der Waals surface area contributed by atoms with Crippen LogP contribution in [0.5, 0.6) is 0 Å². The zero-order chi connectivity index (χ0) is 17.8. The van der Waals surface area contributed by atoms with Crippen LogP contribution in [0.3, 0.4) is 0 Å². The number of hydrogen-bond acceptors (Lipinski definition) is 2. The van der Waals surface area contributed by atoms with Crippen LogP contribution in [0.25, 0.3) is 0 Å². The van der Waals surface area contributed by atoms with E-state index in [1.807, 2.05) is 18.2 Å². The molecule has 0 aliphatic carbocycles. The van der Waals surface area contributed by atoms with Crippen LogP contribution in [0.2, 0.25) is 0 Å². The molecule has 2 unspecified atom stereocenters. The lowest BCUT2D eigenvalue weighted by Gasteiger charge is -2.44. The van der Waals surface area contributed by atoms with Gasteiger partial charge in [0.2, 0.25) is 0 Å². The van der Waals surface area contributed by atoms with Crippen LogP contribution in [0.15, 0.2) is 91.0 Å². The molecule has 0 amide bonds. The number of nitrogens with zero attached hydrogens (tertiary/aromatic N) is 1. The van der Waals surface area contributed by atoms with Gasteiger partial charge in [-0.15, -0.1) is 0 Å². The molecular weight excluding hydrogens is 318 g/mol. The third kappa shape index (κ3) is 3.57. The van der Waals surface area contributed by atoms with Gasteiger partial charge in [0.25, 0.3) is 0 Å². The van der Waals surface area contributed by atoms with Crippen LogP contribution in [0.4, 0.5) is 0 Å². The standard InChI is InChI=1S/C24H25NO/c26-24(22-14-8-3-9-15-22)16-17-25(19-20-10-4-1-5-11-20)23(18-24)21-12-6-2-7-13-21/h1-15,23,26H,16-19H2. The van der Waals surface area contributed by atoms with Crippen molar-refractivity contribution in [2.24, 2.45) is 0 Å². The summed E-state index contributed by atoms with van der Waals surface area (Å²) < 4.78 is 0. The molecule has 3 aromatic rings. The molecule has 0 spiro atoms. The minimum Gasteiger partial charge on any atom is -0.385 e. The number of hydrogen-bond donors (Lipinski definition) is 1. The number of aliphatic hydroxyl groups is 1. The van der Waals surface area contributed by atoms with Crippen LogP contribution in [0, 0.1) is 0 Å². The van der Waals surface area contributed by atoms with Gasteiger partial charge in [0.1, 0.15) is 0 Å². The van der Waals surface area contributed by atoms with E-state index in [1.54, 1.807) is 0 Å². The van der Waals surface area contributed by atoms with Gasteiger partial charge in [-0.05, 0) is 23.1 Å². The molecule has 1 fully saturated rings.